The smallest absolute Gasteiger partial charge is 0.137 e. The van der Waals surface area contributed by atoms with E-state index in [0.29, 0.717) is 28.4 Å². The van der Waals surface area contributed by atoms with Crippen molar-refractivity contribution in [2.24, 2.45) is 0 Å². The summed E-state index contributed by atoms with van der Waals surface area (Å²) in [6.45, 7) is 2.94. The monoisotopic (exact) mass is 378 g/mol. The molecule has 0 radical (unpaired) electrons. The zero-order valence-electron chi connectivity index (χ0n) is 14.3. The van der Waals surface area contributed by atoms with Crippen LogP contribution in [0.15, 0.2) is 42.7 Å². The normalized spacial score (nSPS) is 18.2. The summed E-state index contributed by atoms with van der Waals surface area (Å²) in [6.07, 6.45) is 9.78. The maximum absolute atomic E-state index is 6.13. The van der Waals surface area contributed by atoms with Crippen LogP contribution in [0.1, 0.15) is 43.7 Å². The van der Waals surface area contributed by atoms with Gasteiger partial charge in [0.05, 0.1) is 11.6 Å². The van der Waals surface area contributed by atoms with E-state index in [0.717, 1.165) is 19.4 Å². The molecule has 0 N–H and O–H groups in total. The van der Waals surface area contributed by atoms with E-state index in [-0.39, 0.29) is 0 Å². The van der Waals surface area contributed by atoms with Gasteiger partial charge in [-0.1, -0.05) is 35.7 Å². The minimum absolute atomic E-state index is 0.508. The predicted molar refractivity (Wildman–Crippen MR) is 104 cm³/mol. The highest BCUT2D eigenvalue weighted by Gasteiger charge is 2.23. The van der Waals surface area contributed by atoms with E-state index in [1.54, 1.807) is 12.1 Å². The molecule has 1 aromatic carbocycles. The van der Waals surface area contributed by atoms with Crippen LogP contribution in [0, 0.1) is 0 Å². The molecule has 0 aliphatic carbocycles. The Balaban J connectivity index is 1.44. The minimum atomic E-state index is 0.508. The summed E-state index contributed by atoms with van der Waals surface area (Å²) in [5, 5.41) is 1.20. The van der Waals surface area contributed by atoms with Crippen LogP contribution in [0.5, 0.6) is 5.75 Å². The molecule has 1 aliphatic heterocycles. The van der Waals surface area contributed by atoms with Gasteiger partial charge in [0.1, 0.15) is 5.75 Å². The first kappa shape index (κ1) is 18.5. The van der Waals surface area contributed by atoms with Crippen LogP contribution in [0.2, 0.25) is 10.0 Å². The molecule has 5 heteroatoms. The van der Waals surface area contributed by atoms with Crippen molar-refractivity contribution in [3.8, 4) is 5.75 Å². The van der Waals surface area contributed by atoms with Crippen LogP contribution < -0.4 is 4.74 Å². The number of nitrogens with zero attached hydrogens (tertiary/aromatic N) is 2. The molecular formula is C20H24Cl2N2O. The van der Waals surface area contributed by atoms with E-state index in [4.69, 9.17) is 27.9 Å². The van der Waals surface area contributed by atoms with Crippen LogP contribution in [0.25, 0.3) is 0 Å². The zero-order valence-corrected chi connectivity index (χ0v) is 15.8. The van der Waals surface area contributed by atoms with Crippen LogP contribution in [0.4, 0.5) is 0 Å². The number of rotatable bonds is 7. The third-order valence-electron chi connectivity index (χ3n) is 4.67. The molecule has 2 heterocycles. The molecule has 0 saturated carbocycles. The lowest BCUT2D eigenvalue weighted by molar-refractivity contribution is 0.143. The Morgan fingerprint density at radius 2 is 2.08 bits per heavy atom. The molecule has 25 heavy (non-hydrogen) atoms. The van der Waals surface area contributed by atoms with Gasteiger partial charge in [0.25, 0.3) is 0 Å². The van der Waals surface area contributed by atoms with Gasteiger partial charge >= 0.3 is 0 Å². The number of piperidine rings is 1. The third kappa shape index (κ3) is 5.34. The van der Waals surface area contributed by atoms with Crippen molar-refractivity contribution in [1.29, 1.82) is 0 Å². The van der Waals surface area contributed by atoms with Crippen molar-refractivity contribution in [3.63, 3.8) is 0 Å². The first-order valence-electron chi connectivity index (χ1n) is 8.96. The first-order valence-corrected chi connectivity index (χ1v) is 9.71. The van der Waals surface area contributed by atoms with Crippen molar-refractivity contribution in [3.05, 3.63) is 58.3 Å². The molecule has 1 saturated heterocycles. The number of hydrogen-bond donors (Lipinski definition) is 0. The fourth-order valence-electron chi connectivity index (χ4n) is 3.40. The Labute approximate surface area is 159 Å². The zero-order chi connectivity index (χ0) is 17.5. The second kappa shape index (κ2) is 9.42. The first-order chi connectivity index (χ1) is 12.2. The average Bonchev–Trinajstić information content (AvgIpc) is 2.64. The van der Waals surface area contributed by atoms with Crippen molar-refractivity contribution >= 4 is 23.2 Å². The van der Waals surface area contributed by atoms with Gasteiger partial charge in [-0.2, -0.15) is 0 Å². The van der Waals surface area contributed by atoms with Crippen molar-refractivity contribution in [1.82, 2.24) is 9.88 Å². The Hall–Kier alpha value is -1.29. The van der Waals surface area contributed by atoms with Gasteiger partial charge in [-0.15, -0.1) is 0 Å². The fraction of sp³-hybridized carbons (Fsp3) is 0.450. The van der Waals surface area contributed by atoms with E-state index >= 15 is 0 Å². The maximum Gasteiger partial charge on any atom is 0.137 e. The Morgan fingerprint density at radius 1 is 1.16 bits per heavy atom. The minimum Gasteiger partial charge on any atom is -0.492 e. The van der Waals surface area contributed by atoms with Crippen LogP contribution in [-0.4, -0.2) is 29.6 Å². The lowest BCUT2D eigenvalue weighted by Crippen LogP contribution is -2.34. The topological polar surface area (TPSA) is 25.4 Å². The second-order valence-electron chi connectivity index (χ2n) is 6.46. The molecule has 1 aromatic heterocycles. The highest BCUT2D eigenvalue weighted by Crippen LogP contribution is 2.31. The molecular weight excluding hydrogens is 355 g/mol. The van der Waals surface area contributed by atoms with E-state index in [2.05, 4.69) is 16.0 Å². The summed E-state index contributed by atoms with van der Waals surface area (Å²) in [5.74, 6) is 0.706. The lowest BCUT2D eigenvalue weighted by atomic mass is 9.96. The van der Waals surface area contributed by atoms with Gasteiger partial charge in [-0.3, -0.25) is 9.88 Å². The van der Waals surface area contributed by atoms with Gasteiger partial charge < -0.3 is 4.74 Å². The fourth-order valence-corrected chi connectivity index (χ4v) is 3.86. The van der Waals surface area contributed by atoms with Crippen LogP contribution in [-0.2, 0) is 0 Å². The van der Waals surface area contributed by atoms with Crippen molar-refractivity contribution in [2.45, 2.75) is 38.1 Å². The molecule has 0 bridgehead atoms. The Morgan fingerprint density at radius 3 is 2.88 bits per heavy atom. The number of pyridine rings is 1. The highest BCUT2D eigenvalue weighted by atomic mass is 35.5. The molecule has 0 spiro atoms. The number of aromatic nitrogens is 1. The molecule has 3 rings (SSSR count). The van der Waals surface area contributed by atoms with E-state index in [9.17, 15) is 0 Å². The largest absolute Gasteiger partial charge is 0.492 e. The number of likely N-dealkylation sites (tertiary alicyclic amines) is 1. The van der Waals surface area contributed by atoms with Gasteiger partial charge in [0, 0.05) is 23.5 Å². The number of benzene rings is 1. The van der Waals surface area contributed by atoms with Crippen molar-refractivity contribution in [2.75, 3.05) is 19.7 Å². The number of hydrogen-bond acceptors (Lipinski definition) is 3. The molecule has 1 atom stereocenters. The highest BCUT2D eigenvalue weighted by molar-refractivity contribution is 6.35. The number of halogens is 2. The summed E-state index contributed by atoms with van der Waals surface area (Å²) < 4.78 is 5.77. The Bertz CT molecular complexity index is 666. The van der Waals surface area contributed by atoms with Crippen molar-refractivity contribution < 1.29 is 4.74 Å². The summed E-state index contributed by atoms with van der Waals surface area (Å²) in [6, 6.07) is 10.1. The summed E-state index contributed by atoms with van der Waals surface area (Å²) >= 11 is 12.0. The summed E-state index contributed by atoms with van der Waals surface area (Å²) in [5.41, 5.74) is 1.34. The lowest BCUT2D eigenvalue weighted by Gasteiger charge is -2.35. The number of unbranched alkanes of at least 4 members (excludes halogenated alkanes) is 1. The summed E-state index contributed by atoms with van der Waals surface area (Å²) in [4.78, 5) is 6.88. The van der Waals surface area contributed by atoms with E-state index in [1.165, 1.54) is 31.4 Å². The van der Waals surface area contributed by atoms with Gasteiger partial charge in [0.15, 0.2) is 0 Å². The van der Waals surface area contributed by atoms with E-state index in [1.807, 2.05) is 24.5 Å². The molecule has 134 valence electrons. The standard InChI is InChI=1S/C20H24Cl2N2O/c21-17-8-9-20(18(22)14-17)25-13-4-3-12-24-11-2-1-7-19(24)16-6-5-10-23-15-16/h5-6,8-10,14-15,19H,1-4,7,11-13H2/t19-/m0/s1. The van der Waals surface area contributed by atoms with Crippen LogP contribution in [0.3, 0.4) is 0 Å². The molecule has 0 unspecified atom stereocenters. The van der Waals surface area contributed by atoms with E-state index < -0.39 is 0 Å². The SMILES string of the molecule is Clc1ccc(OCCCCN2CCCC[C@H]2c2cccnc2)c(Cl)c1. The molecule has 1 aliphatic rings. The molecule has 2 aromatic rings. The van der Waals surface area contributed by atoms with Gasteiger partial charge in [-0.05, 0) is 68.6 Å². The molecule has 3 nitrogen and oxygen atoms in total. The molecule has 0 amide bonds. The summed E-state index contributed by atoms with van der Waals surface area (Å²) in [7, 11) is 0. The molecule has 1 fully saturated rings. The average molecular weight is 379 g/mol. The quantitative estimate of drug-likeness (QED) is 0.571. The second-order valence-corrected chi connectivity index (χ2v) is 7.31. The maximum atomic E-state index is 6.13. The third-order valence-corrected chi connectivity index (χ3v) is 5.20. The number of ether oxygens (including phenoxy) is 1. The van der Waals surface area contributed by atoms with Gasteiger partial charge in [0.2, 0.25) is 0 Å². The Kier molecular flexibility index (Phi) is 6.97. The predicted octanol–water partition coefficient (Wildman–Crippen LogP) is 5.77. The van der Waals surface area contributed by atoms with Gasteiger partial charge in [-0.25, -0.2) is 0 Å². The van der Waals surface area contributed by atoms with Crippen LogP contribution >= 0.6 is 23.2 Å².